The minimum Gasteiger partial charge on any atom is -0.444 e. The van der Waals surface area contributed by atoms with Crippen molar-refractivity contribution in [1.29, 1.82) is 0 Å². The van der Waals surface area contributed by atoms with E-state index in [1.54, 1.807) is 17.3 Å². The van der Waals surface area contributed by atoms with Gasteiger partial charge < -0.3 is 9.84 Å². The molecular formula is C22H29N3O3. The van der Waals surface area contributed by atoms with Crippen molar-refractivity contribution in [3.8, 4) is 0 Å². The highest BCUT2D eigenvalue weighted by molar-refractivity contribution is 5.70. The molecule has 0 aliphatic carbocycles. The molecule has 0 radical (unpaired) electrons. The van der Waals surface area contributed by atoms with Gasteiger partial charge in [-0.3, -0.25) is 14.9 Å². The number of likely N-dealkylation sites (tertiary alicyclic amines) is 1. The van der Waals surface area contributed by atoms with Crippen LogP contribution in [0.1, 0.15) is 68.2 Å². The fraction of sp³-hybridized carbons (Fsp3) is 0.500. The summed E-state index contributed by atoms with van der Waals surface area (Å²) in [6.45, 7) is 9.50. The molecule has 1 N–H and O–H groups in total. The fourth-order valence-corrected chi connectivity index (χ4v) is 3.81. The first-order chi connectivity index (χ1) is 13.2. The van der Waals surface area contributed by atoms with E-state index in [9.17, 15) is 9.90 Å². The molecule has 3 rings (SSSR count). The van der Waals surface area contributed by atoms with Crippen LogP contribution in [0.25, 0.3) is 0 Å². The van der Waals surface area contributed by atoms with Gasteiger partial charge in [-0.2, -0.15) is 0 Å². The van der Waals surface area contributed by atoms with Crippen LogP contribution in [-0.2, 0) is 4.74 Å². The van der Waals surface area contributed by atoms with Crippen LogP contribution in [0.3, 0.4) is 0 Å². The Morgan fingerprint density at radius 3 is 1.89 bits per heavy atom. The van der Waals surface area contributed by atoms with Crippen molar-refractivity contribution in [1.82, 2.24) is 14.9 Å². The molecule has 0 saturated carbocycles. The number of carbonyl (C=O) groups excluding carboxylic acids is 1. The number of aryl methyl sites for hydroxylation is 2. The van der Waals surface area contributed by atoms with Crippen LogP contribution in [0.5, 0.6) is 0 Å². The maximum atomic E-state index is 13.3. The van der Waals surface area contributed by atoms with Gasteiger partial charge in [0.25, 0.3) is 0 Å². The lowest BCUT2D eigenvalue weighted by molar-refractivity contribution is -0.0336. The van der Waals surface area contributed by atoms with Crippen LogP contribution in [0.15, 0.2) is 36.7 Å². The molecular weight excluding hydrogens is 354 g/mol. The third-order valence-electron chi connectivity index (χ3n) is 5.00. The molecule has 1 unspecified atom stereocenters. The van der Waals surface area contributed by atoms with Crippen molar-refractivity contribution in [2.75, 3.05) is 0 Å². The number of piperidine rings is 1. The molecule has 3 heterocycles. The predicted molar refractivity (Wildman–Crippen MR) is 107 cm³/mol. The van der Waals surface area contributed by atoms with Gasteiger partial charge >= 0.3 is 6.09 Å². The Hall–Kier alpha value is -2.47. The second-order valence-corrected chi connectivity index (χ2v) is 8.46. The summed E-state index contributed by atoms with van der Waals surface area (Å²) in [4.78, 5) is 24.1. The zero-order chi connectivity index (χ0) is 20.5. The molecule has 3 atom stereocenters. The topological polar surface area (TPSA) is 75.6 Å². The number of amides is 1. The number of pyridine rings is 2. The van der Waals surface area contributed by atoms with Crippen LogP contribution in [0.2, 0.25) is 0 Å². The average molecular weight is 383 g/mol. The summed E-state index contributed by atoms with van der Waals surface area (Å²) in [5.41, 5.74) is 2.90. The number of aliphatic hydroxyl groups excluding tert-OH is 1. The number of carbonyl (C=O) groups is 1. The molecule has 2 aromatic heterocycles. The first-order valence-electron chi connectivity index (χ1n) is 9.70. The Morgan fingerprint density at radius 2 is 1.50 bits per heavy atom. The highest BCUT2D eigenvalue weighted by atomic mass is 16.6. The maximum absolute atomic E-state index is 13.3. The molecule has 0 bridgehead atoms. The lowest BCUT2D eigenvalue weighted by Gasteiger charge is -2.44. The van der Waals surface area contributed by atoms with Crippen molar-refractivity contribution in [3.63, 3.8) is 0 Å². The van der Waals surface area contributed by atoms with Crippen molar-refractivity contribution in [2.24, 2.45) is 0 Å². The SMILES string of the molecule is Cc1cccnc1[C@H]1CC(O)C[C@@H](c2ncccc2C)N1C(=O)OC(C)(C)C. The molecule has 6 heteroatoms. The van der Waals surface area contributed by atoms with E-state index in [4.69, 9.17) is 4.74 Å². The lowest BCUT2D eigenvalue weighted by Crippen LogP contribution is -2.47. The number of hydrogen-bond acceptors (Lipinski definition) is 5. The van der Waals surface area contributed by atoms with E-state index in [2.05, 4.69) is 9.97 Å². The quantitative estimate of drug-likeness (QED) is 0.838. The lowest BCUT2D eigenvalue weighted by atomic mass is 9.87. The summed E-state index contributed by atoms with van der Waals surface area (Å²) in [6, 6.07) is 6.92. The van der Waals surface area contributed by atoms with Crippen molar-refractivity contribution in [3.05, 3.63) is 59.2 Å². The van der Waals surface area contributed by atoms with Crippen LogP contribution in [0.4, 0.5) is 4.79 Å². The van der Waals surface area contributed by atoms with Gasteiger partial charge in [-0.05, 0) is 70.7 Å². The Labute approximate surface area is 166 Å². The van der Waals surface area contributed by atoms with Crippen molar-refractivity contribution >= 4 is 6.09 Å². The van der Waals surface area contributed by atoms with Crippen LogP contribution in [0, 0.1) is 13.8 Å². The molecule has 28 heavy (non-hydrogen) atoms. The molecule has 0 spiro atoms. The van der Waals surface area contributed by atoms with Gasteiger partial charge in [-0.1, -0.05) is 12.1 Å². The second kappa shape index (κ2) is 7.87. The summed E-state index contributed by atoms with van der Waals surface area (Å²) in [5.74, 6) is 0. The van der Waals surface area contributed by atoms with E-state index in [1.165, 1.54) is 0 Å². The first kappa shape index (κ1) is 20.3. The molecule has 2 aromatic rings. The molecule has 1 saturated heterocycles. The second-order valence-electron chi connectivity index (χ2n) is 8.46. The number of aromatic nitrogens is 2. The summed E-state index contributed by atoms with van der Waals surface area (Å²) in [5, 5.41) is 10.7. The Morgan fingerprint density at radius 1 is 1.04 bits per heavy atom. The zero-order valence-corrected chi connectivity index (χ0v) is 17.2. The van der Waals surface area contributed by atoms with Gasteiger partial charge in [0.15, 0.2) is 0 Å². The summed E-state index contributed by atoms with van der Waals surface area (Å²) in [7, 11) is 0. The average Bonchev–Trinajstić information content (AvgIpc) is 2.60. The third-order valence-corrected chi connectivity index (χ3v) is 5.00. The summed E-state index contributed by atoms with van der Waals surface area (Å²) >= 11 is 0. The highest BCUT2D eigenvalue weighted by Crippen LogP contribution is 2.43. The first-order valence-corrected chi connectivity index (χ1v) is 9.70. The van der Waals surface area contributed by atoms with E-state index in [0.717, 1.165) is 22.5 Å². The fourth-order valence-electron chi connectivity index (χ4n) is 3.81. The van der Waals surface area contributed by atoms with Crippen molar-refractivity contribution < 1.29 is 14.6 Å². The Kier molecular flexibility index (Phi) is 5.70. The predicted octanol–water partition coefficient (Wildman–Crippen LogP) is 4.27. The number of aliphatic hydroxyl groups is 1. The van der Waals surface area contributed by atoms with Gasteiger partial charge in [0, 0.05) is 12.4 Å². The largest absolute Gasteiger partial charge is 0.444 e. The molecule has 1 aliphatic rings. The molecule has 0 aromatic carbocycles. The molecule has 1 fully saturated rings. The van der Waals surface area contributed by atoms with Crippen LogP contribution >= 0.6 is 0 Å². The van der Waals surface area contributed by atoms with Gasteiger partial charge in [0.1, 0.15) is 5.60 Å². The smallest absolute Gasteiger partial charge is 0.411 e. The Bertz CT molecular complexity index is 791. The van der Waals surface area contributed by atoms with Gasteiger partial charge in [-0.25, -0.2) is 4.79 Å². The zero-order valence-electron chi connectivity index (χ0n) is 17.2. The molecule has 1 aliphatic heterocycles. The van der Waals surface area contributed by atoms with Gasteiger partial charge in [0.05, 0.1) is 29.6 Å². The van der Waals surface area contributed by atoms with E-state index in [0.29, 0.717) is 12.8 Å². The minimum atomic E-state index is -0.624. The van der Waals surface area contributed by atoms with E-state index in [1.807, 2.05) is 58.9 Å². The number of rotatable bonds is 2. The normalized spacial score (nSPS) is 22.8. The van der Waals surface area contributed by atoms with Gasteiger partial charge in [0.2, 0.25) is 0 Å². The third kappa shape index (κ3) is 4.33. The van der Waals surface area contributed by atoms with Crippen molar-refractivity contribution in [2.45, 2.75) is 71.2 Å². The molecule has 6 nitrogen and oxygen atoms in total. The summed E-state index contributed by atoms with van der Waals surface area (Å²) < 4.78 is 5.75. The number of ether oxygens (including phenoxy) is 1. The maximum Gasteiger partial charge on any atom is 0.411 e. The standard InChI is InChI=1S/C22H29N3O3/c1-14-8-6-10-23-19(14)17-12-16(26)13-18(20-15(2)9-7-11-24-20)25(17)21(27)28-22(3,4)5/h6-11,16-18,26H,12-13H2,1-5H3/t16?,17-,18+. The van der Waals surface area contributed by atoms with Gasteiger partial charge in [-0.15, -0.1) is 0 Å². The summed E-state index contributed by atoms with van der Waals surface area (Å²) in [6.07, 6.45) is 3.30. The molecule has 1 amide bonds. The highest BCUT2D eigenvalue weighted by Gasteiger charge is 2.43. The Balaban J connectivity index is 2.10. The van der Waals surface area contributed by atoms with E-state index >= 15 is 0 Å². The van der Waals surface area contributed by atoms with E-state index in [-0.39, 0.29) is 12.1 Å². The monoisotopic (exact) mass is 383 g/mol. The molecule has 150 valence electrons. The number of hydrogen-bond donors (Lipinski definition) is 1. The van der Waals surface area contributed by atoms with Crippen LogP contribution < -0.4 is 0 Å². The minimum absolute atomic E-state index is 0.383. The number of nitrogens with zero attached hydrogens (tertiary/aromatic N) is 3. The van der Waals surface area contributed by atoms with E-state index < -0.39 is 17.8 Å². The van der Waals surface area contributed by atoms with Crippen LogP contribution in [-0.4, -0.2) is 37.8 Å².